The lowest BCUT2D eigenvalue weighted by Gasteiger charge is -2.13. The highest BCUT2D eigenvalue weighted by atomic mass is 35.5. The highest BCUT2D eigenvalue weighted by Gasteiger charge is 2.14. The molecule has 5 nitrogen and oxygen atoms in total. The zero-order chi connectivity index (χ0) is 14.4. The second-order valence-electron chi connectivity index (χ2n) is 4.71. The van der Waals surface area contributed by atoms with Crippen molar-refractivity contribution < 1.29 is 19.4 Å². The van der Waals surface area contributed by atoms with E-state index in [0.717, 1.165) is 5.56 Å². The average molecular weight is 304 g/mol. The number of rotatable bonds is 6. The van der Waals surface area contributed by atoms with Crippen molar-refractivity contribution in [3.05, 3.63) is 23.8 Å². The number of esters is 1. The molecular weight excluding hydrogens is 282 g/mol. The minimum Gasteiger partial charge on any atom is -0.493 e. The van der Waals surface area contributed by atoms with E-state index in [1.165, 1.54) is 7.11 Å². The molecule has 1 atom stereocenters. The Balaban J connectivity index is 0.00000361. The molecule has 0 aliphatic heterocycles. The molecule has 0 saturated heterocycles. The number of hydrogen-bond donors (Lipinski definition) is 2. The molecule has 20 heavy (non-hydrogen) atoms. The lowest BCUT2D eigenvalue weighted by atomic mass is 10.1. The number of benzene rings is 1. The van der Waals surface area contributed by atoms with E-state index in [4.69, 9.17) is 20.3 Å². The Bertz CT molecular complexity index is 437. The van der Waals surface area contributed by atoms with Gasteiger partial charge in [-0.2, -0.15) is 0 Å². The Kier molecular flexibility index (Phi) is 8.22. The molecule has 0 bridgehead atoms. The van der Waals surface area contributed by atoms with Gasteiger partial charge in [-0.25, -0.2) is 0 Å². The predicted octanol–water partition coefficient (Wildman–Crippen LogP) is 1.54. The van der Waals surface area contributed by atoms with E-state index in [0.29, 0.717) is 17.9 Å². The van der Waals surface area contributed by atoms with Gasteiger partial charge in [-0.1, -0.05) is 19.9 Å². The van der Waals surface area contributed by atoms with Gasteiger partial charge in [0.05, 0.1) is 19.6 Å². The molecule has 0 amide bonds. The normalized spacial score (nSPS) is 11.7. The number of aliphatic hydroxyl groups excluding tert-OH is 1. The first-order valence-electron chi connectivity index (χ1n) is 6.23. The topological polar surface area (TPSA) is 81.8 Å². The van der Waals surface area contributed by atoms with Gasteiger partial charge in [0, 0.05) is 6.04 Å². The number of carbonyl (C=O) groups excluding carboxylic acids is 1. The van der Waals surface area contributed by atoms with Crippen LogP contribution in [0, 0.1) is 5.92 Å². The van der Waals surface area contributed by atoms with Crippen molar-refractivity contribution in [2.24, 2.45) is 11.7 Å². The first-order valence-corrected chi connectivity index (χ1v) is 6.23. The van der Waals surface area contributed by atoms with E-state index in [1.807, 2.05) is 0 Å². The number of carbonyl (C=O) groups is 1. The van der Waals surface area contributed by atoms with Crippen LogP contribution in [0.4, 0.5) is 0 Å². The minimum absolute atomic E-state index is 0. The van der Waals surface area contributed by atoms with E-state index >= 15 is 0 Å². The molecule has 0 fully saturated rings. The highest BCUT2D eigenvalue weighted by Crippen LogP contribution is 2.29. The Hall–Kier alpha value is -1.30. The van der Waals surface area contributed by atoms with Crippen LogP contribution < -0.4 is 15.2 Å². The lowest BCUT2D eigenvalue weighted by Crippen LogP contribution is -2.26. The zero-order valence-corrected chi connectivity index (χ0v) is 12.8. The van der Waals surface area contributed by atoms with Crippen LogP contribution in [0.3, 0.4) is 0 Å². The minimum atomic E-state index is -0.311. The smallest absolute Gasteiger partial charge is 0.313 e. The van der Waals surface area contributed by atoms with E-state index in [2.05, 4.69) is 0 Å². The van der Waals surface area contributed by atoms with Crippen LogP contribution in [-0.2, 0) is 11.2 Å². The van der Waals surface area contributed by atoms with E-state index < -0.39 is 0 Å². The molecule has 0 radical (unpaired) electrons. The van der Waals surface area contributed by atoms with Crippen LogP contribution in [0.25, 0.3) is 0 Å². The first-order chi connectivity index (χ1) is 8.97. The maximum atomic E-state index is 11.6. The first kappa shape index (κ1) is 18.7. The molecule has 0 aliphatic rings. The summed E-state index contributed by atoms with van der Waals surface area (Å²) >= 11 is 0. The molecule has 1 rings (SSSR count). The summed E-state index contributed by atoms with van der Waals surface area (Å²) in [5, 5.41) is 8.93. The third kappa shape index (κ3) is 5.36. The van der Waals surface area contributed by atoms with Gasteiger partial charge in [-0.05, 0) is 24.1 Å². The second kappa shape index (κ2) is 8.79. The Labute approximate surface area is 125 Å². The van der Waals surface area contributed by atoms with Gasteiger partial charge in [0.2, 0.25) is 0 Å². The molecule has 0 spiro atoms. The highest BCUT2D eigenvalue weighted by molar-refractivity contribution is 5.85. The molecule has 1 aromatic rings. The van der Waals surface area contributed by atoms with Crippen LogP contribution in [-0.4, -0.2) is 30.8 Å². The number of halogens is 1. The van der Waals surface area contributed by atoms with E-state index in [-0.39, 0.29) is 36.9 Å². The number of hydrogen-bond acceptors (Lipinski definition) is 5. The maximum absolute atomic E-state index is 11.6. The third-order valence-electron chi connectivity index (χ3n) is 2.64. The van der Waals surface area contributed by atoms with Crippen LogP contribution >= 0.6 is 12.4 Å². The van der Waals surface area contributed by atoms with Crippen molar-refractivity contribution >= 4 is 18.4 Å². The van der Waals surface area contributed by atoms with Crippen LogP contribution in [0.15, 0.2) is 18.2 Å². The molecule has 0 saturated carbocycles. The van der Waals surface area contributed by atoms with Crippen molar-refractivity contribution in [1.82, 2.24) is 0 Å². The number of methoxy groups -OCH3 is 1. The predicted molar refractivity (Wildman–Crippen MR) is 79.5 cm³/mol. The van der Waals surface area contributed by atoms with Crippen molar-refractivity contribution in [2.45, 2.75) is 26.3 Å². The maximum Gasteiger partial charge on any atom is 0.313 e. The van der Waals surface area contributed by atoms with Gasteiger partial charge < -0.3 is 20.3 Å². The molecule has 6 heteroatoms. The van der Waals surface area contributed by atoms with Gasteiger partial charge in [0.1, 0.15) is 0 Å². The molecule has 1 aromatic carbocycles. The molecule has 1 unspecified atom stereocenters. The Morgan fingerprint density at radius 2 is 2.00 bits per heavy atom. The van der Waals surface area contributed by atoms with Crippen LogP contribution in [0.5, 0.6) is 11.5 Å². The quantitative estimate of drug-likeness (QED) is 0.615. The SMILES string of the molecule is COc1cc(CC(N)CO)ccc1OC(=O)C(C)C.Cl. The van der Waals surface area contributed by atoms with Crippen molar-refractivity contribution in [2.75, 3.05) is 13.7 Å². The van der Waals surface area contributed by atoms with E-state index in [9.17, 15) is 4.79 Å². The number of ether oxygens (including phenoxy) is 2. The third-order valence-corrected chi connectivity index (χ3v) is 2.64. The summed E-state index contributed by atoms with van der Waals surface area (Å²) in [5.74, 6) is 0.365. The zero-order valence-electron chi connectivity index (χ0n) is 12.0. The molecular formula is C14H22ClNO4. The summed E-state index contributed by atoms with van der Waals surface area (Å²) in [6.07, 6.45) is 0.533. The second-order valence-corrected chi connectivity index (χ2v) is 4.71. The lowest BCUT2D eigenvalue weighted by molar-refractivity contribution is -0.137. The fourth-order valence-corrected chi connectivity index (χ4v) is 1.52. The number of aliphatic hydroxyl groups is 1. The van der Waals surface area contributed by atoms with Crippen molar-refractivity contribution in [1.29, 1.82) is 0 Å². The number of nitrogens with two attached hydrogens (primary N) is 1. The van der Waals surface area contributed by atoms with Crippen LogP contribution in [0.1, 0.15) is 19.4 Å². The van der Waals surface area contributed by atoms with Gasteiger partial charge in [-0.15, -0.1) is 12.4 Å². The molecule has 0 heterocycles. The summed E-state index contributed by atoms with van der Waals surface area (Å²) in [6, 6.07) is 4.94. The summed E-state index contributed by atoms with van der Waals surface area (Å²) in [4.78, 5) is 11.6. The summed E-state index contributed by atoms with van der Waals surface area (Å²) in [7, 11) is 1.51. The van der Waals surface area contributed by atoms with Gasteiger partial charge in [0.15, 0.2) is 11.5 Å². The summed E-state index contributed by atoms with van der Waals surface area (Å²) in [6.45, 7) is 3.46. The van der Waals surface area contributed by atoms with Gasteiger partial charge >= 0.3 is 5.97 Å². The van der Waals surface area contributed by atoms with Crippen LogP contribution in [0.2, 0.25) is 0 Å². The summed E-state index contributed by atoms with van der Waals surface area (Å²) in [5.41, 5.74) is 6.60. The molecule has 114 valence electrons. The molecule has 0 aromatic heterocycles. The fourth-order valence-electron chi connectivity index (χ4n) is 1.52. The monoisotopic (exact) mass is 303 g/mol. The average Bonchev–Trinajstić information content (AvgIpc) is 2.39. The fraction of sp³-hybridized carbons (Fsp3) is 0.500. The van der Waals surface area contributed by atoms with Gasteiger partial charge in [-0.3, -0.25) is 4.79 Å². The van der Waals surface area contributed by atoms with Gasteiger partial charge in [0.25, 0.3) is 0 Å². The standard InChI is InChI=1S/C14H21NO4.ClH/c1-9(2)14(17)19-12-5-4-10(6-11(15)8-16)7-13(12)18-3;/h4-5,7,9,11,16H,6,8,15H2,1-3H3;1H. The van der Waals surface area contributed by atoms with E-state index in [1.54, 1.807) is 32.0 Å². The van der Waals surface area contributed by atoms with Crippen molar-refractivity contribution in [3.8, 4) is 11.5 Å². The largest absolute Gasteiger partial charge is 0.493 e. The summed E-state index contributed by atoms with van der Waals surface area (Å²) < 4.78 is 10.4. The molecule has 0 aliphatic carbocycles. The van der Waals surface area contributed by atoms with Crippen molar-refractivity contribution in [3.63, 3.8) is 0 Å². The Morgan fingerprint density at radius 1 is 1.35 bits per heavy atom. The Morgan fingerprint density at radius 3 is 2.50 bits per heavy atom. The molecule has 3 N–H and O–H groups in total.